The number of methoxy groups -OCH3 is 1. The molecule has 0 spiro atoms. The van der Waals surface area contributed by atoms with Crippen LogP contribution in [-0.2, 0) is 0 Å². The molecule has 6 nitrogen and oxygen atoms in total. The number of nitrogens with zero attached hydrogens (tertiary/aromatic N) is 3. The molecule has 0 bridgehead atoms. The van der Waals surface area contributed by atoms with Gasteiger partial charge in [-0.25, -0.2) is 0 Å². The molecule has 0 aliphatic carbocycles. The van der Waals surface area contributed by atoms with E-state index in [1.165, 1.54) is 29.5 Å². The van der Waals surface area contributed by atoms with Gasteiger partial charge in [-0.1, -0.05) is 30.3 Å². The first kappa shape index (κ1) is 19.5. The molecule has 150 valence electrons. The van der Waals surface area contributed by atoms with Gasteiger partial charge in [-0.2, -0.15) is 5.10 Å². The van der Waals surface area contributed by atoms with Crippen LogP contribution in [-0.4, -0.2) is 28.1 Å². The average Bonchev–Trinajstić information content (AvgIpc) is 3.20. The number of hydrogen-bond acceptors (Lipinski definition) is 6. The largest absolute Gasteiger partial charge is 0.508 e. The highest BCUT2D eigenvalue weighted by Crippen LogP contribution is 2.33. The van der Waals surface area contributed by atoms with Crippen LogP contribution in [0.1, 0.15) is 5.56 Å². The Hall–Kier alpha value is -3.84. The predicted molar refractivity (Wildman–Crippen MR) is 119 cm³/mol. The molecular formula is C23H19N3O3S. The number of ether oxygens (including phenoxy) is 1. The molecule has 2 N–H and O–H groups in total. The van der Waals surface area contributed by atoms with E-state index in [0.717, 1.165) is 17.0 Å². The highest BCUT2D eigenvalue weighted by atomic mass is 32.1. The lowest BCUT2D eigenvalue weighted by molar-refractivity contribution is 0.415. The number of benzene rings is 3. The van der Waals surface area contributed by atoms with E-state index in [4.69, 9.17) is 4.74 Å². The van der Waals surface area contributed by atoms with Crippen LogP contribution in [0.3, 0.4) is 0 Å². The quantitative estimate of drug-likeness (QED) is 0.284. The van der Waals surface area contributed by atoms with Gasteiger partial charge in [-0.3, -0.25) is 4.57 Å². The van der Waals surface area contributed by atoms with Crippen molar-refractivity contribution < 1.29 is 14.9 Å². The Labute approximate surface area is 177 Å². The molecule has 3 aromatic carbocycles. The maximum absolute atomic E-state index is 10.4. The van der Waals surface area contributed by atoms with Crippen LogP contribution < -0.4 is 9.54 Å². The molecule has 0 radical (unpaired) electrons. The number of aromatic nitrogens is 1. The number of phenols is 2. The third-order valence-corrected chi connectivity index (χ3v) is 5.24. The van der Waals surface area contributed by atoms with Crippen molar-refractivity contribution in [3.8, 4) is 34.2 Å². The fourth-order valence-corrected chi connectivity index (χ4v) is 3.84. The van der Waals surface area contributed by atoms with Gasteiger partial charge in [0.2, 0.25) is 4.80 Å². The number of hydrogen-bond donors (Lipinski definition) is 2. The van der Waals surface area contributed by atoms with Crippen LogP contribution in [0.15, 0.2) is 88.4 Å². The van der Waals surface area contributed by atoms with Crippen molar-refractivity contribution in [3.05, 3.63) is 88.5 Å². The number of thiazole rings is 1. The van der Waals surface area contributed by atoms with Crippen molar-refractivity contribution in [2.24, 2.45) is 10.2 Å². The molecule has 0 saturated heterocycles. The topological polar surface area (TPSA) is 79.3 Å². The Bertz CT molecular complexity index is 1260. The lowest BCUT2D eigenvalue weighted by Gasteiger charge is -2.10. The Balaban J connectivity index is 1.82. The molecule has 4 rings (SSSR count). The van der Waals surface area contributed by atoms with Gasteiger partial charge in [0.25, 0.3) is 0 Å². The zero-order valence-electron chi connectivity index (χ0n) is 16.1. The van der Waals surface area contributed by atoms with Gasteiger partial charge in [-0.15, -0.1) is 16.4 Å². The maximum Gasteiger partial charge on any atom is 0.215 e. The van der Waals surface area contributed by atoms with Crippen LogP contribution in [0.25, 0.3) is 16.9 Å². The highest BCUT2D eigenvalue weighted by molar-refractivity contribution is 7.07. The second-order valence-electron chi connectivity index (χ2n) is 6.40. The highest BCUT2D eigenvalue weighted by Gasteiger charge is 2.14. The Morgan fingerprint density at radius 1 is 0.967 bits per heavy atom. The van der Waals surface area contributed by atoms with Crippen LogP contribution in [0.5, 0.6) is 17.2 Å². The van der Waals surface area contributed by atoms with Gasteiger partial charge in [0.05, 0.1) is 19.0 Å². The van der Waals surface area contributed by atoms with Crippen molar-refractivity contribution in [1.82, 2.24) is 4.57 Å². The Morgan fingerprint density at radius 3 is 2.60 bits per heavy atom. The van der Waals surface area contributed by atoms with Gasteiger partial charge < -0.3 is 14.9 Å². The molecule has 30 heavy (non-hydrogen) atoms. The van der Waals surface area contributed by atoms with Gasteiger partial charge in [0, 0.05) is 16.6 Å². The summed E-state index contributed by atoms with van der Waals surface area (Å²) < 4.78 is 7.12. The van der Waals surface area contributed by atoms with Crippen LogP contribution in [0.2, 0.25) is 0 Å². The SMILES string of the molecule is COc1cccc(/C=N/N=c2\scc(-c3cc(O)ccc3O)n2-c2ccccc2)c1. The predicted octanol–water partition coefficient (Wildman–Crippen LogP) is 4.56. The second-order valence-corrected chi connectivity index (χ2v) is 7.23. The van der Waals surface area contributed by atoms with E-state index in [9.17, 15) is 10.2 Å². The number of aromatic hydroxyl groups is 2. The van der Waals surface area contributed by atoms with Crippen molar-refractivity contribution in [3.63, 3.8) is 0 Å². The first-order valence-corrected chi connectivity index (χ1v) is 10.0. The molecular weight excluding hydrogens is 398 g/mol. The van der Waals surface area contributed by atoms with Gasteiger partial charge >= 0.3 is 0 Å². The number of rotatable bonds is 5. The van der Waals surface area contributed by atoms with E-state index in [1.807, 2.05) is 64.5 Å². The lowest BCUT2D eigenvalue weighted by atomic mass is 10.1. The van der Waals surface area contributed by atoms with Crippen LogP contribution >= 0.6 is 11.3 Å². The van der Waals surface area contributed by atoms with E-state index < -0.39 is 0 Å². The fraction of sp³-hybridized carbons (Fsp3) is 0.0435. The van der Waals surface area contributed by atoms with Crippen LogP contribution in [0.4, 0.5) is 0 Å². The molecule has 7 heteroatoms. The van der Waals surface area contributed by atoms with E-state index in [0.29, 0.717) is 16.1 Å². The van der Waals surface area contributed by atoms with Crippen molar-refractivity contribution in [1.29, 1.82) is 0 Å². The summed E-state index contributed by atoms with van der Waals surface area (Å²) in [4.78, 5) is 0.623. The minimum absolute atomic E-state index is 0.0710. The summed E-state index contributed by atoms with van der Waals surface area (Å²) in [6.07, 6.45) is 1.66. The summed E-state index contributed by atoms with van der Waals surface area (Å²) in [5, 5.41) is 30.8. The molecule has 0 amide bonds. The minimum Gasteiger partial charge on any atom is -0.508 e. The maximum atomic E-state index is 10.4. The minimum atomic E-state index is 0.0710. The molecule has 0 fully saturated rings. The zero-order valence-corrected chi connectivity index (χ0v) is 17.0. The molecule has 4 aromatic rings. The first-order valence-electron chi connectivity index (χ1n) is 9.15. The summed E-state index contributed by atoms with van der Waals surface area (Å²) in [5.41, 5.74) is 2.95. The monoisotopic (exact) mass is 417 g/mol. The molecule has 0 aliphatic heterocycles. The molecule has 0 saturated carbocycles. The number of phenolic OH excluding ortho intramolecular Hbond substituents is 2. The Morgan fingerprint density at radius 2 is 1.80 bits per heavy atom. The standard InChI is InChI=1S/C23H19N3O3S/c1-29-19-9-5-6-16(12-19)14-24-25-23-26(17-7-3-2-4-8-17)21(15-30-23)20-13-18(27)10-11-22(20)28/h2-15,27-28H,1H3/b24-14+,25-23-. The first-order chi connectivity index (χ1) is 14.7. The normalized spacial score (nSPS) is 11.8. The third-order valence-electron chi connectivity index (χ3n) is 4.42. The number of para-hydroxylation sites is 1. The molecule has 1 aromatic heterocycles. The van der Waals surface area contributed by atoms with Crippen LogP contribution in [0, 0.1) is 0 Å². The van der Waals surface area contributed by atoms with Gasteiger partial charge in [-0.05, 0) is 48.0 Å². The summed E-state index contributed by atoms with van der Waals surface area (Å²) in [5.74, 6) is 0.890. The Kier molecular flexibility index (Phi) is 5.63. The molecule has 1 heterocycles. The molecule has 0 unspecified atom stereocenters. The average molecular weight is 417 g/mol. The van der Waals surface area contributed by atoms with Crippen molar-refractivity contribution >= 4 is 17.6 Å². The fourth-order valence-electron chi connectivity index (χ4n) is 2.99. The van der Waals surface area contributed by atoms with E-state index in [1.54, 1.807) is 13.3 Å². The summed E-state index contributed by atoms with van der Waals surface area (Å²) in [7, 11) is 1.62. The van der Waals surface area contributed by atoms with E-state index >= 15 is 0 Å². The summed E-state index contributed by atoms with van der Waals surface area (Å²) in [6, 6.07) is 21.7. The van der Waals surface area contributed by atoms with Crippen molar-refractivity contribution in [2.45, 2.75) is 0 Å². The van der Waals surface area contributed by atoms with E-state index in [-0.39, 0.29) is 11.5 Å². The van der Waals surface area contributed by atoms with Gasteiger partial charge in [0.1, 0.15) is 17.2 Å². The summed E-state index contributed by atoms with van der Waals surface area (Å²) in [6.45, 7) is 0. The smallest absolute Gasteiger partial charge is 0.215 e. The third kappa shape index (κ3) is 4.11. The van der Waals surface area contributed by atoms with E-state index in [2.05, 4.69) is 10.2 Å². The lowest BCUT2D eigenvalue weighted by Crippen LogP contribution is -2.13. The molecule has 0 atom stereocenters. The second kappa shape index (κ2) is 8.67. The van der Waals surface area contributed by atoms with Gasteiger partial charge in [0.15, 0.2) is 0 Å². The van der Waals surface area contributed by atoms with Crippen molar-refractivity contribution in [2.75, 3.05) is 7.11 Å². The zero-order chi connectivity index (χ0) is 20.9. The summed E-state index contributed by atoms with van der Waals surface area (Å²) >= 11 is 1.39. The molecule has 0 aliphatic rings.